The van der Waals surface area contributed by atoms with Gasteiger partial charge in [-0.1, -0.05) is 12.1 Å². The molecule has 0 saturated carbocycles. The SMILES string of the molecule is OCC1CCCN1c1cc(N2CCC(c3cccc(F)c3)C2)ncn1. The maximum Gasteiger partial charge on any atom is 0.134 e. The van der Waals surface area contributed by atoms with Crippen LogP contribution in [0.1, 0.15) is 30.7 Å². The normalized spacial score (nSPS) is 23.4. The van der Waals surface area contributed by atoms with Crippen molar-refractivity contribution in [1.82, 2.24) is 9.97 Å². The zero-order valence-electron chi connectivity index (χ0n) is 14.2. The Bertz CT molecular complexity index is 741. The second-order valence-electron chi connectivity index (χ2n) is 6.89. The highest BCUT2D eigenvalue weighted by molar-refractivity contribution is 5.52. The predicted molar refractivity (Wildman–Crippen MR) is 95.5 cm³/mol. The van der Waals surface area contributed by atoms with Crippen LogP contribution < -0.4 is 9.80 Å². The summed E-state index contributed by atoms with van der Waals surface area (Å²) >= 11 is 0. The second kappa shape index (κ2) is 6.96. The summed E-state index contributed by atoms with van der Waals surface area (Å²) in [5.74, 6) is 1.94. The topological polar surface area (TPSA) is 52.5 Å². The van der Waals surface area contributed by atoms with E-state index in [4.69, 9.17) is 0 Å². The summed E-state index contributed by atoms with van der Waals surface area (Å²) < 4.78 is 13.5. The second-order valence-corrected chi connectivity index (χ2v) is 6.89. The Morgan fingerprint density at radius 1 is 1.12 bits per heavy atom. The Kier molecular flexibility index (Phi) is 4.53. The molecule has 6 heteroatoms. The van der Waals surface area contributed by atoms with Crippen molar-refractivity contribution in [2.45, 2.75) is 31.2 Å². The number of hydrogen-bond acceptors (Lipinski definition) is 5. The summed E-state index contributed by atoms with van der Waals surface area (Å²) in [6.07, 6.45) is 4.68. The molecule has 2 unspecified atom stereocenters. The molecule has 0 spiro atoms. The highest BCUT2D eigenvalue weighted by atomic mass is 19.1. The van der Waals surface area contributed by atoms with Crippen LogP contribution in [-0.4, -0.2) is 47.4 Å². The van der Waals surface area contributed by atoms with Gasteiger partial charge >= 0.3 is 0 Å². The fourth-order valence-electron chi connectivity index (χ4n) is 4.00. The van der Waals surface area contributed by atoms with Crippen LogP contribution in [-0.2, 0) is 0 Å². The highest BCUT2D eigenvalue weighted by Crippen LogP contribution is 2.32. The van der Waals surface area contributed by atoms with E-state index in [9.17, 15) is 9.50 Å². The van der Waals surface area contributed by atoms with Gasteiger partial charge in [0.25, 0.3) is 0 Å². The molecule has 0 bridgehead atoms. The maximum atomic E-state index is 13.5. The van der Waals surface area contributed by atoms with Crippen molar-refractivity contribution in [3.8, 4) is 0 Å². The Labute approximate surface area is 147 Å². The first kappa shape index (κ1) is 16.3. The van der Waals surface area contributed by atoms with Crippen molar-refractivity contribution >= 4 is 11.6 Å². The molecule has 2 fully saturated rings. The van der Waals surface area contributed by atoms with Crippen molar-refractivity contribution < 1.29 is 9.50 Å². The molecule has 1 aromatic carbocycles. The summed E-state index contributed by atoms with van der Waals surface area (Å²) in [5.41, 5.74) is 1.05. The molecular weight excluding hydrogens is 319 g/mol. The molecule has 4 rings (SSSR count). The molecule has 0 aliphatic carbocycles. The Balaban J connectivity index is 1.50. The average Bonchev–Trinajstić information content (AvgIpc) is 3.31. The van der Waals surface area contributed by atoms with E-state index in [1.165, 1.54) is 6.07 Å². The first-order chi connectivity index (χ1) is 12.2. The van der Waals surface area contributed by atoms with E-state index in [1.807, 2.05) is 12.1 Å². The number of benzene rings is 1. The number of anilines is 2. The fraction of sp³-hybridized carbons (Fsp3) is 0.474. The number of rotatable bonds is 4. The van der Waals surface area contributed by atoms with Crippen molar-refractivity contribution in [3.63, 3.8) is 0 Å². The van der Waals surface area contributed by atoms with E-state index in [0.29, 0.717) is 5.92 Å². The standard InChI is InChI=1S/C19H23FN4O/c20-16-4-1-3-14(9-16)15-6-8-23(11-15)18-10-19(22-13-21-18)24-7-2-5-17(24)12-25/h1,3-4,9-10,13,15,17,25H,2,5-8,11-12H2. The lowest BCUT2D eigenvalue weighted by Gasteiger charge is -2.25. The van der Waals surface area contributed by atoms with E-state index in [2.05, 4.69) is 19.8 Å². The number of nitrogens with zero attached hydrogens (tertiary/aromatic N) is 4. The minimum Gasteiger partial charge on any atom is -0.394 e. The Morgan fingerprint density at radius 2 is 2.00 bits per heavy atom. The molecule has 2 aliphatic rings. The molecule has 25 heavy (non-hydrogen) atoms. The monoisotopic (exact) mass is 342 g/mol. The van der Waals surface area contributed by atoms with E-state index in [0.717, 1.165) is 56.1 Å². The molecule has 2 aliphatic heterocycles. The lowest BCUT2D eigenvalue weighted by Crippen LogP contribution is -2.33. The van der Waals surface area contributed by atoms with Crippen LogP contribution >= 0.6 is 0 Å². The number of aromatic nitrogens is 2. The van der Waals surface area contributed by atoms with Gasteiger partial charge in [0.05, 0.1) is 12.6 Å². The first-order valence-corrected chi connectivity index (χ1v) is 8.94. The summed E-state index contributed by atoms with van der Waals surface area (Å²) in [4.78, 5) is 13.3. The van der Waals surface area contributed by atoms with Gasteiger partial charge in [0, 0.05) is 31.6 Å². The minimum atomic E-state index is -0.177. The first-order valence-electron chi connectivity index (χ1n) is 8.94. The number of aliphatic hydroxyl groups excluding tert-OH is 1. The van der Waals surface area contributed by atoms with Crippen LogP contribution in [0.2, 0.25) is 0 Å². The number of aliphatic hydroxyl groups is 1. The lowest BCUT2D eigenvalue weighted by molar-refractivity contribution is 0.266. The minimum absolute atomic E-state index is 0.154. The predicted octanol–water partition coefficient (Wildman–Crippen LogP) is 2.57. The molecule has 0 amide bonds. The molecular formula is C19H23FN4O. The van der Waals surface area contributed by atoms with Gasteiger partial charge in [-0.25, -0.2) is 14.4 Å². The molecule has 3 heterocycles. The molecule has 132 valence electrons. The molecule has 5 nitrogen and oxygen atoms in total. The van der Waals surface area contributed by atoms with Gasteiger partial charge in [0.15, 0.2) is 0 Å². The van der Waals surface area contributed by atoms with Crippen molar-refractivity contribution in [2.24, 2.45) is 0 Å². The van der Waals surface area contributed by atoms with Crippen molar-refractivity contribution in [2.75, 3.05) is 36.0 Å². The molecule has 1 N–H and O–H groups in total. The third kappa shape index (κ3) is 3.31. The molecule has 2 saturated heterocycles. The van der Waals surface area contributed by atoms with Crippen LogP contribution in [0, 0.1) is 5.82 Å². The third-order valence-electron chi connectivity index (χ3n) is 5.35. The van der Waals surface area contributed by atoms with E-state index in [1.54, 1.807) is 18.5 Å². The summed E-state index contributed by atoms with van der Waals surface area (Å²) in [6, 6.07) is 9.07. The number of hydrogen-bond donors (Lipinski definition) is 1. The smallest absolute Gasteiger partial charge is 0.134 e. The lowest BCUT2D eigenvalue weighted by atomic mass is 9.98. The van der Waals surface area contributed by atoms with E-state index < -0.39 is 0 Å². The van der Waals surface area contributed by atoms with Gasteiger partial charge in [-0.3, -0.25) is 0 Å². The molecule has 2 atom stereocenters. The third-order valence-corrected chi connectivity index (χ3v) is 5.35. The molecule has 2 aromatic rings. The van der Waals surface area contributed by atoms with E-state index >= 15 is 0 Å². The van der Waals surface area contributed by atoms with Gasteiger partial charge in [0.2, 0.25) is 0 Å². The van der Waals surface area contributed by atoms with Crippen LogP contribution in [0.5, 0.6) is 0 Å². The van der Waals surface area contributed by atoms with Crippen LogP contribution in [0.4, 0.5) is 16.0 Å². The highest BCUT2D eigenvalue weighted by Gasteiger charge is 2.28. The molecule has 1 aromatic heterocycles. The van der Waals surface area contributed by atoms with Gasteiger partial charge in [-0.2, -0.15) is 0 Å². The van der Waals surface area contributed by atoms with Gasteiger partial charge in [-0.05, 0) is 37.0 Å². The van der Waals surface area contributed by atoms with Crippen LogP contribution in [0.3, 0.4) is 0 Å². The van der Waals surface area contributed by atoms with E-state index in [-0.39, 0.29) is 18.5 Å². The number of halogens is 1. The largest absolute Gasteiger partial charge is 0.394 e. The summed E-state index contributed by atoms with van der Waals surface area (Å²) in [6.45, 7) is 2.82. The van der Waals surface area contributed by atoms with Crippen LogP contribution in [0.15, 0.2) is 36.7 Å². The Hall–Kier alpha value is -2.21. The fourth-order valence-corrected chi connectivity index (χ4v) is 4.00. The van der Waals surface area contributed by atoms with Gasteiger partial charge in [0.1, 0.15) is 23.8 Å². The van der Waals surface area contributed by atoms with Gasteiger partial charge < -0.3 is 14.9 Å². The van der Waals surface area contributed by atoms with Gasteiger partial charge in [-0.15, -0.1) is 0 Å². The van der Waals surface area contributed by atoms with Crippen molar-refractivity contribution in [3.05, 3.63) is 48.0 Å². The summed E-state index contributed by atoms with van der Waals surface area (Å²) in [5, 5.41) is 9.54. The quantitative estimate of drug-likeness (QED) is 0.925. The molecule has 0 radical (unpaired) electrons. The van der Waals surface area contributed by atoms with Crippen LogP contribution in [0.25, 0.3) is 0 Å². The average molecular weight is 342 g/mol. The zero-order chi connectivity index (χ0) is 17.2. The summed E-state index contributed by atoms with van der Waals surface area (Å²) in [7, 11) is 0. The van der Waals surface area contributed by atoms with Crippen molar-refractivity contribution in [1.29, 1.82) is 0 Å². The maximum absolute atomic E-state index is 13.5. The zero-order valence-corrected chi connectivity index (χ0v) is 14.2. The Morgan fingerprint density at radius 3 is 2.84 bits per heavy atom.